The van der Waals surface area contributed by atoms with E-state index >= 15 is 0 Å². The summed E-state index contributed by atoms with van der Waals surface area (Å²) in [6.07, 6.45) is -0.621. The van der Waals surface area contributed by atoms with Gasteiger partial charge in [0.2, 0.25) is 6.10 Å². The molecule has 2 aromatic carbocycles. The van der Waals surface area contributed by atoms with E-state index < -0.39 is 6.10 Å². The highest BCUT2D eigenvalue weighted by Gasteiger charge is 2.33. The fourth-order valence-corrected chi connectivity index (χ4v) is 3.34. The van der Waals surface area contributed by atoms with Crippen LogP contribution in [0, 0.1) is 0 Å². The van der Waals surface area contributed by atoms with Gasteiger partial charge in [-0.05, 0) is 18.2 Å². The average Bonchev–Trinajstić information content (AvgIpc) is 3.05. The molecule has 0 saturated heterocycles. The van der Waals surface area contributed by atoms with Gasteiger partial charge >= 0.3 is 0 Å². The molecule has 2 heterocycles. The van der Waals surface area contributed by atoms with Gasteiger partial charge in [-0.1, -0.05) is 30.3 Å². The first kappa shape index (κ1) is 14.7. The summed E-state index contributed by atoms with van der Waals surface area (Å²) in [6.45, 7) is 0. The van der Waals surface area contributed by atoms with Gasteiger partial charge in [0.15, 0.2) is 5.13 Å². The molecular formula is C18H15N3O2S. The van der Waals surface area contributed by atoms with Crippen LogP contribution < -0.4 is 15.4 Å². The number of thiazole rings is 1. The number of fused-ring (bicyclic) bond motifs is 1. The van der Waals surface area contributed by atoms with Gasteiger partial charge in [-0.15, -0.1) is 11.3 Å². The van der Waals surface area contributed by atoms with Gasteiger partial charge in [-0.25, -0.2) is 4.98 Å². The lowest BCUT2D eigenvalue weighted by atomic mass is 10.0. The third-order valence-electron chi connectivity index (χ3n) is 4.04. The second-order valence-electron chi connectivity index (χ2n) is 5.56. The first-order chi connectivity index (χ1) is 11.6. The van der Waals surface area contributed by atoms with Crippen LogP contribution in [-0.2, 0) is 4.79 Å². The van der Waals surface area contributed by atoms with Crippen molar-refractivity contribution < 1.29 is 9.53 Å². The Hall–Kier alpha value is -2.86. The molecule has 1 aromatic heterocycles. The van der Waals surface area contributed by atoms with Crippen LogP contribution in [0.4, 0.5) is 10.8 Å². The number of nitrogen functional groups attached to an aromatic ring is 1. The number of nitrogens with two attached hydrogens (primary N) is 1. The van der Waals surface area contributed by atoms with E-state index in [0.29, 0.717) is 10.9 Å². The number of aromatic nitrogens is 1. The summed E-state index contributed by atoms with van der Waals surface area (Å²) in [5.74, 6) is 0.585. The average molecular weight is 337 g/mol. The van der Waals surface area contributed by atoms with Crippen LogP contribution in [-0.4, -0.2) is 17.9 Å². The van der Waals surface area contributed by atoms with Crippen LogP contribution in [0.25, 0.3) is 11.3 Å². The zero-order valence-electron chi connectivity index (χ0n) is 13.0. The lowest BCUT2D eigenvalue weighted by Crippen LogP contribution is -2.38. The van der Waals surface area contributed by atoms with Crippen molar-refractivity contribution in [2.45, 2.75) is 6.10 Å². The summed E-state index contributed by atoms with van der Waals surface area (Å²) in [7, 11) is 1.76. The van der Waals surface area contributed by atoms with Crippen molar-refractivity contribution in [3.63, 3.8) is 0 Å². The number of anilines is 2. The maximum Gasteiger partial charge on any atom is 0.272 e. The van der Waals surface area contributed by atoms with Crippen LogP contribution in [0.5, 0.6) is 5.75 Å². The van der Waals surface area contributed by atoms with E-state index in [1.807, 2.05) is 53.9 Å². The summed E-state index contributed by atoms with van der Waals surface area (Å²) in [6, 6.07) is 15.2. The summed E-state index contributed by atoms with van der Waals surface area (Å²) >= 11 is 1.39. The zero-order chi connectivity index (χ0) is 16.7. The van der Waals surface area contributed by atoms with Gasteiger partial charge in [0, 0.05) is 23.6 Å². The molecule has 1 aliphatic rings. The van der Waals surface area contributed by atoms with Crippen LogP contribution in [0.2, 0.25) is 0 Å². The molecule has 24 heavy (non-hydrogen) atoms. The molecule has 6 heteroatoms. The number of amides is 1. The van der Waals surface area contributed by atoms with Crippen LogP contribution >= 0.6 is 11.3 Å². The molecule has 0 saturated carbocycles. The highest BCUT2D eigenvalue weighted by atomic mass is 32.1. The Kier molecular flexibility index (Phi) is 3.46. The molecule has 120 valence electrons. The molecule has 1 unspecified atom stereocenters. The van der Waals surface area contributed by atoms with E-state index in [1.165, 1.54) is 11.3 Å². The molecule has 0 bridgehead atoms. The topological polar surface area (TPSA) is 68.5 Å². The molecule has 1 atom stereocenters. The number of hydrogen-bond donors (Lipinski definition) is 1. The molecule has 3 aromatic rings. The van der Waals surface area contributed by atoms with Crippen molar-refractivity contribution in [2.24, 2.45) is 0 Å². The van der Waals surface area contributed by atoms with E-state index in [9.17, 15) is 4.79 Å². The standard InChI is InChI=1S/C18H15N3O2S/c1-21-14-9-12(13-10-24-18(19)20-13)7-8-15(14)23-16(17(21)22)11-5-3-2-4-6-11/h2-10,16H,1H3,(H2,19,20). The molecular weight excluding hydrogens is 322 g/mol. The Morgan fingerprint density at radius 2 is 2.00 bits per heavy atom. The van der Waals surface area contributed by atoms with Crippen molar-refractivity contribution >= 4 is 28.1 Å². The summed E-state index contributed by atoms with van der Waals surface area (Å²) in [5.41, 5.74) is 8.98. The summed E-state index contributed by atoms with van der Waals surface area (Å²) < 4.78 is 5.96. The van der Waals surface area contributed by atoms with Crippen molar-refractivity contribution in [1.82, 2.24) is 4.98 Å². The maximum absolute atomic E-state index is 12.7. The minimum absolute atomic E-state index is 0.0939. The quantitative estimate of drug-likeness (QED) is 0.777. The van der Waals surface area contributed by atoms with E-state index in [0.717, 1.165) is 22.5 Å². The van der Waals surface area contributed by atoms with E-state index in [4.69, 9.17) is 10.5 Å². The molecule has 0 aliphatic carbocycles. The highest BCUT2D eigenvalue weighted by Crippen LogP contribution is 2.40. The smallest absolute Gasteiger partial charge is 0.272 e. The van der Waals surface area contributed by atoms with Crippen molar-refractivity contribution in [1.29, 1.82) is 0 Å². The van der Waals surface area contributed by atoms with Gasteiger partial charge in [-0.3, -0.25) is 4.79 Å². The van der Waals surface area contributed by atoms with Gasteiger partial charge in [0.1, 0.15) is 5.75 Å². The predicted molar refractivity (Wildman–Crippen MR) is 95.2 cm³/mol. The third-order valence-corrected chi connectivity index (χ3v) is 4.71. The largest absolute Gasteiger partial charge is 0.474 e. The number of ether oxygens (including phenoxy) is 1. The SMILES string of the molecule is CN1C(=O)C(c2ccccc2)Oc2ccc(-c3csc(N)n3)cc21. The molecule has 1 aliphatic heterocycles. The van der Waals surface area contributed by atoms with Gasteiger partial charge in [-0.2, -0.15) is 0 Å². The fraction of sp³-hybridized carbons (Fsp3) is 0.111. The van der Waals surface area contributed by atoms with Crippen molar-refractivity contribution in [3.05, 3.63) is 59.5 Å². The molecule has 0 spiro atoms. The summed E-state index contributed by atoms with van der Waals surface area (Å²) in [5, 5.41) is 2.42. The van der Waals surface area contributed by atoms with Gasteiger partial charge < -0.3 is 15.4 Å². The first-order valence-corrected chi connectivity index (χ1v) is 8.36. The normalized spacial score (nSPS) is 16.6. The second-order valence-corrected chi connectivity index (χ2v) is 6.45. The number of carbonyl (C=O) groups excluding carboxylic acids is 1. The first-order valence-electron chi connectivity index (χ1n) is 7.48. The zero-order valence-corrected chi connectivity index (χ0v) is 13.8. The lowest BCUT2D eigenvalue weighted by Gasteiger charge is -2.32. The molecule has 1 amide bonds. The molecule has 0 radical (unpaired) electrons. The minimum atomic E-state index is -0.621. The van der Waals surface area contributed by atoms with Crippen LogP contribution in [0.1, 0.15) is 11.7 Å². The molecule has 5 nitrogen and oxygen atoms in total. The fourth-order valence-electron chi connectivity index (χ4n) is 2.77. The Labute approximate surface area is 143 Å². The predicted octanol–water partition coefficient (Wildman–Crippen LogP) is 3.49. The number of hydrogen-bond acceptors (Lipinski definition) is 5. The number of rotatable bonds is 2. The molecule has 4 rings (SSSR count). The number of nitrogens with zero attached hydrogens (tertiary/aromatic N) is 2. The van der Waals surface area contributed by atoms with E-state index in [-0.39, 0.29) is 5.91 Å². The minimum Gasteiger partial charge on any atom is -0.474 e. The maximum atomic E-state index is 12.7. The Morgan fingerprint density at radius 3 is 2.71 bits per heavy atom. The molecule has 0 fully saturated rings. The highest BCUT2D eigenvalue weighted by molar-refractivity contribution is 7.13. The monoisotopic (exact) mass is 337 g/mol. The number of carbonyl (C=O) groups is 1. The Balaban J connectivity index is 1.73. The lowest BCUT2D eigenvalue weighted by molar-refractivity contribution is -0.126. The van der Waals surface area contributed by atoms with Crippen molar-refractivity contribution in [2.75, 3.05) is 17.7 Å². The van der Waals surface area contributed by atoms with E-state index in [2.05, 4.69) is 4.98 Å². The van der Waals surface area contributed by atoms with Crippen LogP contribution in [0.15, 0.2) is 53.9 Å². The second kappa shape index (κ2) is 5.65. The summed E-state index contributed by atoms with van der Waals surface area (Å²) in [4.78, 5) is 18.6. The van der Waals surface area contributed by atoms with Gasteiger partial charge in [0.05, 0.1) is 11.4 Å². The Morgan fingerprint density at radius 1 is 1.21 bits per heavy atom. The van der Waals surface area contributed by atoms with Crippen molar-refractivity contribution in [3.8, 4) is 17.0 Å². The third kappa shape index (κ3) is 2.41. The van der Waals surface area contributed by atoms with Gasteiger partial charge in [0.25, 0.3) is 5.91 Å². The Bertz CT molecular complexity index is 908. The van der Waals surface area contributed by atoms with Crippen LogP contribution in [0.3, 0.4) is 0 Å². The molecule has 2 N–H and O–H groups in total. The number of likely N-dealkylation sites (N-methyl/N-ethyl adjacent to an activating group) is 1. The number of benzene rings is 2. The van der Waals surface area contributed by atoms with E-state index in [1.54, 1.807) is 11.9 Å².